The highest BCUT2D eigenvalue weighted by atomic mass is 35.6. The van der Waals surface area contributed by atoms with Crippen LogP contribution < -0.4 is 14.7 Å². The first-order chi connectivity index (χ1) is 28.3. The van der Waals surface area contributed by atoms with Crippen LogP contribution in [0.5, 0.6) is 0 Å². The van der Waals surface area contributed by atoms with Crippen molar-refractivity contribution < 1.29 is 33.5 Å². The molecule has 0 aromatic heterocycles. The van der Waals surface area contributed by atoms with Crippen molar-refractivity contribution in [3.8, 4) is 0 Å². The number of hydrogen-bond acceptors (Lipinski definition) is 7. The number of ether oxygens (including phenoxy) is 1. The Kier molecular flexibility index (Phi) is 8.83. The van der Waals surface area contributed by atoms with Gasteiger partial charge < -0.3 is 4.74 Å². The molecule has 3 aromatic rings. The fourth-order valence-electron chi connectivity index (χ4n) is 13.3. The van der Waals surface area contributed by atoms with Crippen LogP contribution in [0.2, 0.25) is 24.2 Å². The number of methoxy groups -OCH3 is 1. The van der Waals surface area contributed by atoms with E-state index in [0.29, 0.717) is 28.9 Å². The van der Waals surface area contributed by atoms with Crippen molar-refractivity contribution in [2.24, 2.45) is 59.2 Å². The molecule has 5 fully saturated rings. The minimum Gasteiger partial charge on any atom is -0.501 e. The fraction of sp³-hybridized carbons (Fsp3) is 0.378. The summed E-state index contributed by atoms with van der Waals surface area (Å²) in [6.45, 7) is 4.48. The van der Waals surface area contributed by atoms with Gasteiger partial charge in [0, 0.05) is 16.9 Å². The quantitative estimate of drug-likeness (QED) is 0.115. The number of fused-ring (bicyclic) bond motifs is 4. The van der Waals surface area contributed by atoms with E-state index in [0.717, 1.165) is 11.1 Å². The van der Waals surface area contributed by atoms with Crippen LogP contribution in [0.1, 0.15) is 6.42 Å². The monoisotopic (exact) mass is 867 g/mol. The van der Waals surface area contributed by atoms with Gasteiger partial charge in [-0.05, 0) is 66.8 Å². The lowest BCUT2D eigenvalue weighted by atomic mass is 9.44. The number of imide groups is 3. The van der Waals surface area contributed by atoms with E-state index in [4.69, 9.17) is 39.5 Å². The number of alkyl halides is 3. The lowest BCUT2D eigenvalue weighted by molar-refractivity contribution is -0.134. The van der Waals surface area contributed by atoms with Crippen molar-refractivity contribution in [1.82, 2.24) is 0 Å². The van der Waals surface area contributed by atoms with E-state index in [1.165, 1.54) is 14.7 Å². The van der Waals surface area contributed by atoms with Crippen LogP contribution in [0.15, 0.2) is 114 Å². The Morgan fingerprint density at radius 1 is 0.576 bits per heavy atom. The van der Waals surface area contributed by atoms with Crippen LogP contribution in [0.25, 0.3) is 0 Å². The van der Waals surface area contributed by atoms with Gasteiger partial charge in [-0.15, -0.1) is 0 Å². The Labute approximate surface area is 357 Å². The number of allylic oxidation sites excluding steroid dienone is 4. The predicted molar refractivity (Wildman–Crippen MR) is 225 cm³/mol. The Morgan fingerprint density at radius 3 is 1.56 bits per heavy atom. The van der Waals surface area contributed by atoms with Crippen LogP contribution >= 0.6 is 34.8 Å². The lowest BCUT2D eigenvalue weighted by Gasteiger charge is -2.68. The number of amides is 6. The lowest BCUT2D eigenvalue weighted by Crippen LogP contribution is -2.67. The Morgan fingerprint density at radius 2 is 1.03 bits per heavy atom. The standard InChI is InChI=1S/C44H39N3O7Si.CHCl3/c1-54-28-20-44-36-29-25(19-26-30(27(29)21-55(44,2)3)39(49)45(38(26)48)22-13-7-4-8-14-22)31-34(41(51)46(40(31)50)23-15-9-5-10-16-23)33(36)32(28)35-37(44)43(53)47(42(35)52)24-17-11-6-12-18-24;2-1(3)4/h4-18,20,25-27,30-35,37H,19,21H2,1-3H3;1H/t25-,26-,27+,30-,31-,32-,33-,34-,35-,37+,44-;/m0./s1. The number of para-hydroxylation sites is 3. The highest BCUT2D eigenvalue weighted by Crippen LogP contribution is 2.79. The second-order valence-electron chi connectivity index (χ2n) is 17.6. The number of benzene rings is 3. The van der Waals surface area contributed by atoms with Gasteiger partial charge in [0.25, 0.3) is 0 Å². The number of carbonyl (C=O) groups excluding carboxylic acids is 6. The Hall–Kier alpha value is -4.55. The molecule has 3 saturated heterocycles. The first-order valence-corrected chi connectivity index (χ1v) is 24.5. The van der Waals surface area contributed by atoms with Gasteiger partial charge in [0.15, 0.2) is 4.30 Å². The fourth-order valence-corrected chi connectivity index (χ4v) is 17.9. The highest BCUT2D eigenvalue weighted by molar-refractivity contribution is 6.82. The molecule has 9 aliphatic rings. The molecular formula is C45H40Cl3N3O7Si. The summed E-state index contributed by atoms with van der Waals surface area (Å²) in [6.07, 6.45) is 2.39. The van der Waals surface area contributed by atoms with E-state index in [1.807, 2.05) is 42.5 Å². The molecule has 4 aliphatic heterocycles. The second-order valence-corrected chi connectivity index (χ2v) is 24.5. The molecule has 2 bridgehead atoms. The predicted octanol–water partition coefficient (Wildman–Crippen LogP) is 7.59. The highest BCUT2D eigenvalue weighted by Gasteiger charge is 2.80. The summed E-state index contributed by atoms with van der Waals surface area (Å²) >= 11 is 14.4. The van der Waals surface area contributed by atoms with Gasteiger partial charge >= 0.3 is 0 Å². The molecule has 2 saturated carbocycles. The van der Waals surface area contributed by atoms with Crippen molar-refractivity contribution in [3.05, 3.63) is 114 Å². The molecule has 1 spiro atoms. The Bertz CT molecular complexity index is 2430. The van der Waals surface area contributed by atoms with Crippen LogP contribution in [0, 0.1) is 59.2 Å². The SMILES string of the molecule is COC1=C[C@@]23C4=C5[C@@H](C[Si]2(C)C)[C@H]2C(=O)N(c6ccccc6)C(=O)[C@H]2C[C@@H]5[C@@H]2C(=O)N(c5ccccc5)C(=O)[C@@H]2[C@@H]4[C@H]1[C@@H]1C(=O)N(c2ccccc2)C(=O)[C@@H]13.ClC(Cl)Cl. The van der Waals surface area contributed by atoms with Crippen molar-refractivity contribution in [3.63, 3.8) is 0 Å². The second kappa shape index (κ2) is 13.5. The van der Waals surface area contributed by atoms with Gasteiger partial charge in [-0.1, -0.05) is 114 Å². The minimum absolute atomic E-state index is 0.230. The molecule has 4 heterocycles. The smallest absolute Gasteiger partial charge is 0.238 e. The molecule has 302 valence electrons. The van der Waals surface area contributed by atoms with Crippen molar-refractivity contribution >= 4 is 95.4 Å². The van der Waals surface area contributed by atoms with E-state index in [2.05, 4.69) is 19.2 Å². The maximum absolute atomic E-state index is 15.2. The normalized spacial score (nSPS) is 35.6. The molecule has 0 radical (unpaired) electrons. The molecular weight excluding hydrogens is 829 g/mol. The molecule has 10 nitrogen and oxygen atoms in total. The van der Waals surface area contributed by atoms with Gasteiger partial charge in [-0.3, -0.25) is 43.5 Å². The van der Waals surface area contributed by atoms with Crippen molar-refractivity contribution in [2.45, 2.75) is 34.9 Å². The number of carbonyl (C=O) groups is 6. The third-order valence-electron chi connectivity index (χ3n) is 15.0. The zero-order chi connectivity index (χ0) is 41.4. The zero-order valence-electron chi connectivity index (χ0n) is 32.3. The average molecular weight is 869 g/mol. The number of nitrogens with zero attached hydrogens (tertiary/aromatic N) is 3. The average Bonchev–Trinajstić information content (AvgIpc) is 3.76. The first kappa shape index (κ1) is 38.6. The van der Waals surface area contributed by atoms with Gasteiger partial charge in [0.2, 0.25) is 35.4 Å². The summed E-state index contributed by atoms with van der Waals surface area (Å²) < 4.78 is 5.48. The van der Waals surface area contributed by atoms with Crippen LogP contribution in [0.3, 0.4) is 0 Å². The third kappa shape index (κ3) is 4.99. The molecule has 0 unspecified atom stereocenters. The summed E-state index contributed by atoms with van der Waals surface area (Å²) in [5.41, 5.74) is 3.48. The van der Waals surface area contributed by atoms with E-state index >= 15 is 14.4 Å². The molecule has 3 aromatic carbocycles. The summed E-state index contributed by atoms with van der Waals surface area (Å²) in [4.78, 5) is 93.5. The summed E-state index contributed by atoms with van der Waals surface area (Å²) in [5, 5.41) is -0.922. The molecule has 5 aliphatic carbocycles. The first-order valence-electron chi connectivity index (χ1n) is 20.0. The number of hydrogen-bond donors (Lipinski definition) is 0. The number of rotatable bonds is 4. The van der Waals surface area contributed by atoms with Crippen LogP contribution in [-0.4, -0.2) is 54.9 Å². The zero-order valence-corrected chi connectivity index (χ0v) is 35.6. The molecule has 0 N–H and O–H groups in total. The molecule has 12 rings (SSSR count). The molecule has 6 amide bonds. The van der Waals surface area contributed by atoms with Crippen LogP contribution in [-0.2, 0) is 33.5 Å². The number of anilines is 3. The summed E-state index contributed by atoms with van der Waals surface area (Å²) in [7, 11) is -1.25. The van der Waals surface area contributed by atoms with Crippen LogP contribution in [0.4, 0.5) is 17.1 Å². The molecule has 59 heavy (non-hydrogen) atoms. The van der Waals surface area contributed by atoms with E-state index in [1.54, 1.807) is 55.6 Å². The number of halogens is 3. The van der Waals surface area contributed by atoms with E-state index in [-0.39, 0.29) is 47.8 Å². The van der Waals surface area contributed by atoms with Gasteiger partial charge in [-0.25, -0.2) is 0 Å². The van der Waals surface area contributed by atoms with E-state index in [9.17, 15) is 14.4 Å². The van der Waals surface area contributed by atoms with Gasteiger partial charge in [0.05, 0.1) is 73.5 Å². The summed E-state index contributed by atoms with van der Waals surface area (Å²) in [6, 6.07) is 27.6. The topological polar surface area (TPSA) is 121 Å². The maximum atomic E-state index is 15.2. The van der Waals surface area contributed by atoms with Crippen molar-refractivity contribution in [1.29, 1.82) is 0 Å². The summed E-state index contributed by atoms with van der Waals surface area (Å²) in [5.74, 6) is -7.65. The maximum Gasteiger partial charge on any atom is 0.238 e. The Balaban J connectivity index is 0.00000101. The van der Waals surface area contributed by atoms with Gasteiger partial charge in [-0.2, -0.15) is 0 Å². The third-order valence-corrected chi connectivity index (χ3v) is 19.4. The molecule has 14 heteroatoms. The minimum atomic E-state index is -2.84. The van der Waals surface area contributed by atoms with Gasteiger partial charge in [0.1, 0.15) is 0 Å². The molecule has 11 atom stereocenters. The van der Waals surface area contributed by atoms with E-state index < -0.39 is 70.7 Å². The largest absolute Gasteiger partial charge is 0.501 e. The van der Waals surface area contributed by atoms with Crippen molar-refractivity contribution in [2.75, 3.05) is 21.8 Å².